The van der Waals surface area contributed by atoms with Crippen molar-refractivity contribution in [2.75, 3.05) is 7.11 Å². The van der Waals surface area contributed by atoms with E-state index in [9.17, 15) is 4.79 Å². The lowest BCUT2D eigenvalue weighted by Crippen LogP contribution is -2.31. The van der Waals surface area contributed by atoms with Gasteiger partial charge in [0.05, 0.1) is 19.2 Å². The topological polar surface area (TPSA) is 55.6 Å². The van der Waals surface area contributed by atoms with E-state index in [1.807, 2.05) is 42.8 Å². The number of fused-ring (bicyclic) bond motifs is 1. The monoisotopic (exact) mass is 247 g/mol. The molecule has 5 heteroatoms. The van der Waals surface area contributed by atoms with Crippen molar-refractivity contribution in [3.63, 3.8) is 0 Å². The Morgan fingerprint density at radius 2 is 2.33 bits per heavy atom. The first-order chi connectivity index (χ1) is 8.58. The molecule has 1 N–H and O–H groups in total. The standard InChI is InChI=1S/C13H17N3O2/c1-9(2)14-13(17)6-10-8-16-5-4-11(18-3)7-12(16)15-10/h4-5,7-9H,6H2,1-3H3,(H,14,17). The number of methoxy groups -OCH3 is 1. The van der Waals surface area contributed by atoms with Crippen molar-refractivity contribution in [3.8, 4) is 5.75 Å². The molecule has 2 rings (SSSR count). The van der Waals surface area contributed by atoms with E-state index < -0.39 is 0 Å². The summed E-state index contributed by atoms with van der Waals surface area (Å²) in [4.78, 5) is 16.0. The van der Waals surface area contributed by atoms with Crippen molar-refractivity contribution in [2.45, 2.75) is 26.3 Å². The van der Waals surface area contributed by atoms with Crippen LogP contribution in [-0.2, 0) is 11.2 Å². The van der Waals surface area contributed by atoms with Gasteiger partial charge in [0.25, 0.3) is 0 Å². The van der Waals surface area contributed by atoms with Crippen LogP contribution in [0.15, 0.2) is 24.5 Å². The van der Waals surface area contributed by atoms with E-state index in [2.05, 4.69) is 10.3 Å². The molecule has 0 atom stereocenters. The lowest BCUT2D eigenvalue weighted by atomic mass is 10.3. The van der Waals surface area contributed by atoms with E-state index in [1.165, 1.54) is 0 Å². The molecule has 1 amide bonds. The lowest BCUT2D eigenvalue weighted by molar-refractivity contribution is -0.120. The molecule has 0 radical (unpaired) electrons. The van der Waals surface area contributed by atoms with Gasteiger partial charge in [0.15, 0.2) is 0 Å². The van der Waals surface area contributed by atoms with Gasteiger partial charge in [-0.2, -0.15) is 0 Å². The molecule has 0 aromatic carbocycles. The number of hydrogen-bond donors (Lipinski definition) is 1. The van der Waals surface area contributed by atoms with Crippen LogP contribution in [0.2, 0.25) is 0 Å². The molecule has 0 bridgehead atoms. The molecule has 2 aromatic heterocycles. The Bertz CT molecular complexity index is 560. The molecular formula is C13H17N3O2. The second-order valence-corrected chi connectivity index (χ2v) is 4.46. The maximum atomic E-state index is 11.6. The van der Waals surface area contributed by atoms with Crippen molar-refractivity contribution in [3.05, 3.63) is 30.2 Å². The fourth-order valence-electron chi connectivity index (χ4n) is 1.77. The Morgan fingerprint density at radius 3 is 3.00 bits per heavy atom. The summed E-state index contributed by atoms with van der Waals surface area (Å²) < 4.78 is 7.01. The lowest BCUT2D eigenvalue weighted by Gasteiger charge is -2.06. The zero-order valence-corrected chi connectivity index (χ0v) is 10.8. The Morgan fingerprint density at radius 1 is 1.56 bits per heavy atom. The summed E-state index contributed by atoms with van der Waals surface area (Å²) in [5.41, 5.74) is 1.53. The number of ether oxygens (including phenoxy) is 1. The molecular weight excluding hydrogens is 230 g/mol. The molecule has 0 saturated heterocycles. The van der Waals surface area contributed by atoms with Crippen LogP contribution in [0.25, 0.3) is 5.65 Å². The zero-order valence-electron chi connectivity index (χ0n) is 10.8. The van der Waals surface area contributed by atoms with Crippen LogP contribution in [0.4, 0.5) is 0 Å². The number of carbonyl (C=O) groups excluding carboxylic acids is 1. The fraction of sp³-hybridized carbons (Fsp3) is 0.385. The second-order valence-electron chi connectivity index (χ2n) is 4.46. The van der Waals surface area contributed by atoms with Gasteiger partial charge in [-0.25, -0.2) is 4.98 Å². The number of nitrogens with one attached hydrogen (secondary N) is 1. The molecule has 5 nitrogen and oxygen atoms in total. The van der Waals surface area contributed by atoms with Crippen molar-refractivity contribution in [1.82, 2.24) is 14.7 Å². The smallest absolute Gasteiger partial charge is 0.226 e. The zero-order chi connectivity index (χ0) is 13.1. The van der Waals surface area contributed by atoms with Crippen LogP contribution in [0.1, 0.15) is 19.5 Å². The quantitative estimate of drug-likeness (QED) is 0.888. The van der Waals surface area contributed by atoms with Gasteiger partial charge in [-0.15, -0.1) is 0 Å². The number of carbonyl (C=O) groups is 1. The first kappa shape index (κ1) is 12.4. The summed E-state index contributed by atoms with van der Waals surface area (Å²) in [6.07, 6.45) is 4.02. The van der Waals surface area contributed by atoms with E-state index in [1.54, 1.807) is 7.11 Å². The average molecular weight is 247 g/mol. The molecule has 0 saturated carbocycles. The van der Waals surface area contributed by atoms with Gasteiger partial charge in [0.2, 0.25) is 5.91 Å². The Labute approximate surface area is 106 Å². The van der Waals surface area contributed by atoms with Crippen LogP contribution in [0.3, 0.4) is 0 Å². The average Bonchev–Trinajstić information content (AvgIpc) is 2.68. The Hall–Kier alpha value is -2.04. The summed E-state index contributed by atoms with van der Waals surface area (Å²) in [5, 5.41) is 2.85. The number of rotatable bonds is 4. The highest BCUT2D eigenvalue weighted by Crippen LogP contribution is 2.14. The molecule has 2 heterocycles. The number of nitrogens with zero attached hydrogens (tertiary/aromatic N) is 2. The molecule has 0 aliphatic rings. The number of amides is 1. The maximum absolute atomic E-state index is 11.6. The number of hydrogen-bond acceptors (Lipinski definition) is 3. The molecule has 0 spiro atoms. The van der Waals surface area contributed by atoms with Crippen LogP contribution in [0.5, 0.6) is 5.75 Å². The summed E-state index contributed by atoms with van der Waals surface area (Å²) >= 11 is 0. The van der Waals surface area contributed by atoms with E-state index in [0.717, 1.165) is 17.1 Å². The number of pyridine rings is 1. The molecule has 96 valence electrons. The third kappa shape index (κ3) is 2.80. The van der Waals surface area contributed by atoms with Gasteiger partial charge in [-0.1, -0.05) is 0 Å². The Balaban J connectivity index is 2.17. The highest BCUT2D eigenvalue weighted by atomic mass is 16.5. The predicted molar refractivity (Wildman–Crippen MR) is 68.7 cm³/mol. The largest absolute Gasteiger partial charge is 0.497 e. The van der Waals surface area contributed by atoms with Crippen molar-refractivity contribution >= 4 is 11.6 Å². The molecule has 18 heavy (non-hydrogen) atoms. The Kier molecular flexibility index (Phi) is 3.50. The molecule has 0 fully saturated rings. The van der Waals surface area contributed by atoms with E-state index in [0.29, 0.717) is 6.42 Å². The van der Waals surface area contributed by atoms with Gasteiger partial charge in [0, 0.05) is 24.5 Å². The highest BCUT2D eigenvalue weighted by molar-refractivity contribution is 5.78. The normalized spacial score (nSPS) is 10.9. The third-order valence-electron chi connectivity index (χ3n) is 2.51. The van der Waals surface area contributed by atoms with E-state index >= 15 is 0 Å². The summed E-state index contributed by atoms with van der Waals surface area (Å²) in [5.74, 6) is 0.742. The van der Waals surface area contributed by atoms with Gasteiger partial charge in [-0.3, -0.25) is 4.79 Å². The van der Waals surface area contributed by atoms with Gasteiger partial charge in [0.1, 0.15) is 11.4 Å². The second kappa shape index (κ2) is 5.08. The minimum Gasteiger partial charge on any atom is -0.497 e. The van der Waals surface area contributed by atoms with E-state index in [-0.39, 0.29) is 11.9 Å². The molecule has 0 aliphatic heterocycles. The minimum atomic E-state index is -0.0135. The van der Waals surface area contributed by atoms with Crippen LogP contribution in [0, 0.1) is 0 Å². The molecule has 0 unspecified atom stereocenters. The summed E-state index contributed by atoms with van der Waals surface area (Å²) in [6.45, 7) is 3.87. The van der Waals surface area contributed by atoms with Crippen molar-refractivity contribution in [2.24, 2.45) is 0 Å². The number of imidazole rings is 1. The van der Waals surface area contributed by atoms with E-state index in [4.69, 9.17) is 4.74 Å². The molecule has 2 aromatic rings. The van der Waals surface area contributed by atoms with Crippen molar-refractivity contribution < 1.29 is 9.53 Å². The third-order valence-corrected chi connectivity index (χ3v) is 2.51. The first-order valence-corrected chi connectivity index (χ1v) is 5.89. The fourth-order valence-corrected chi connectivity index (χ4v) is 1.77. The van der Waals surface area contributed by atoms with Crippen molar-refractivity contribution in [1.29, 1.82) is 0 Å². The number of aromatic nitrogens is 2. The SMILES string of the molecule is COc1ccn2cc(CC(=O)NC(C)C)nc2c1. The maximum Gasteiger partial charge on any atom is 0.226 e. The summed E-state index contributed by atoms with van der Waals surface area (Å²) in [6, 6.07) is 3.84. The van der Waals surface area contributed by atoms with Gasteiger partial charge >= 0.3 is 0 Å². The van der Waals surface area contributed by atoms with Gasteiger partial charge < -0.3 is 14.5 Å². The van der Waals surface area contributed by atoms with Crippen LogP contribution >= 0.6 is 0 Å². The first-order valence-electron chi connectivity index (χ1n) is 5.89. The molecule has 0 aliphatic carbocycles. The summed E-state index contributed by atoms with van der Waals surface area (Å²) in [7, 11) is 1.62. The van der Waals surface area contributed by atoms with Crippen LogP contribution in [-0.4, -0.2) is 28.4 Å². The van der Waals surface area contributed by atoms with Crippen LogP contribution < -0.4 is 10.1 Å². The van der Waals surface area contributed by atoms with Gasteiger partial charge in [-0.05, 0) is 19.9 Å². The minimum absolute atomic E-state index is 0.0135. The highest BCUT2D eigenvalue weighted by Gasteiger charge is 2.08. The predicted octanol–water partition coefficient (Wildman–Crippen LogP) is 1.41.